The SMILES string of the molecule is O=CN(CCNCC(O)COc1ccc(O)cc1F)C1CCOCC1. The van der Waals surface area contributed by atoms with Crippen molar-refractivity contribution in [2.75, 3.05) is 39.5 Å². The number of aliphatic hydroxyl groups is 1. The first-order valence-electron chi connectivity index (χ1n) is 8.39. The highest BCUT2D eigenvalue weighted by Gasteiger charge is 2.19. The Morgan fingerprint density at radius 2 is 2.20 bits per heavy atom. The number of phenols is 1. The summed E-state index contributed by atoms with van der Waals surface area (Å²) in [5.41, 5.74) is 0. The molecule has 2 rings (SSSR count). The monoisotopic (exact) mass is 356 g/mol. The molecule has 3 N–H and O–H groups in total. The molecule has 140 valence electrons. The number of halogens is 1. The summed E-state index contributed by atoms with van der Waals surface area (Å²) in [5, 5.41) is 22.0. The molecule has 1 aliphatic heterocycles. The number of carbonyl (C=O) groups excluding carboxylic acids is 1. The molecule has 25 heavy (non-hydrogen) atoms. The lowest BCUT2D eigenvalue weighted by Crippen LogP contribution is -2.43. The zero-order chi connectivity index (χ0) is 18.1. The Morgan fingerprint density at radius 1 is 1.44 bits per heavy atom. The number of carbonyl (C=O) groups is 1. The van der Waals surface area contributed by atoms with Gasteiger partial charge < -0.3 is 29.9 Å². The lowest BCUT2D eigenvalue weighted by molar-refractivity contribution is -0.121. The minimum atomic E-state index is -0.819. The van der Waals surface area contributed by atoms with Gasteiger partial charge in [0.05, 0.1) is 0 Å². The summed E-state index contributed by atoms with van der Waals surface area (Å²) in [6.45, 7) is 2.62. The van der Waals surface area contributed by atoms with Gasteiger partial charge in [-0.1, -0.05) is 0 Å². The van der Waals surface area contributed by atoms with E-state index in [0.717, 1.165) is 25.3 Å². The number of amides is 1. The van der Waals surface area contributed by atoms with E-state index >= 15 is 0 Å². The summed E-state index contributed by atoms with van der Waals surface area (Å²) in [6, 6.07) is 3.77. The quantitative estimate of drug-likeness (QED) is 0.418. The molecular formula is C17H25FN2O5. The summed E-state index contributed by atoms with van der Waals surface area (Å²) in [4.78, 5) is 12.9. The molecule has 0 bridgehead atoms. The van der Waals surface area contributed by atoms with Gasteiger partial charge in [-0.25, -0.2) is 4.39 Å². The van der Waals surface area contributed by atoms with Gasteiger partial charge in [0.25, 0.3) is 0 Å². The van der Waals surface area contributed by atoms with E-state index in [1.54, 1.807) is 4.90 Å². The molecule has 0 saturated carbocycles. The molecule has 1 unspecified atom stereocenters. The molecule has 0 aliphatic carbocycles. The van der Waals surface area contributed by atoms with E-state index in [-0.39, 0.29) is 30.7 Å². The number of aliphatic hydroxyl groups excluding tert-OH is 1. The van der Waals surface area contributed by atoms with Crippen molar-refractivity contribution in [2.45, 2.75) is 25.0 Å². The molecule has 8 heteroatoms. The van der Waals surface area contributed by atoms with Gasteiger partial charge in [0.1, 0.15) is 18.5 Å². The van der Waals surface area contributed by atoms with Gasteiger partial charge in [-0.3, -0.25) is 4.79 Å². The van der Waals surface area contributed by atoms with Gasteiger partial charge in [0, 0.05) is 45.0 Å². The van der Waals surface area contributed by atoms with Crippen LogP contribution in [0.2, 0.25) is 0 Å². The summed E-state index contributed by atoms with van der Waals surface area (Å²) in [6.07, 6.45) is 1.71. The predicted octanol–water partition coefficient (Wildman–Crippen LogP) is 0.498. The smallest absolute Gasteiger partial charge is 0.210 e. The normalized spacial score (nSPS) is 16.4. The standard InChI is InChI=1S/C17H25FN2O5/c18-16-9-14(22)1-2-17(16)25-11-15(23)10-19-5-6-20(12-21)13-3-7-24-8-4-13/h1-2,9,12-13,15,19,22-23H,3-8,10-11H2. The second kappa shape index (κ2) is 10.2. The van der Waals surface area contributed by atoms with Crippen molar-refractivity contribution in [1.29, 1.82) is 0 Å². The number of phenolic OH excluding ortho intramolecular Hbond substituents is 1. The number of hydrogen-bond donors (Lipinski definition) is 3. The average molecular weight is 356 g/mol. The number of nitrogens with zero attached hydrogens (tertiary/aromatic N) is 1. The van der Waals surface area contributed by atoms with Gasteiger partial charge in [0.2, 0.25) is 6.41 Å². The van der Waals surface area contributed by atoms with Crippen molar-refractivity contribution in [3.05, 3.63) is 24.0 Å². The predicted molar refractivity (Wildman–Crippen MR) is 89.0 cm³/mol. The van der Waals surface area contributed by atoms with Crippen LogP contribution in [0.3, 0.4) is 0 Å². The van der Waals surface area contributed by atoms with E-state index < -0.39 is 11.9 Å². The fourth-order valence-corrected chi connectivity index (χ4v) is 2.67. The average Bonchev–Trinajstić information content (AvgIpc) is 2.62. The van der Waals surface area contributed by atoms with Crippen LogP contribution in [0.25, 0.3) is 0 Å². The minimum absolute atomic E-state index is 0.0245. The van der Waals surface area contributed by atoms with Crippen LogP contribution in [0.1, 0.15) is 12.8 Å². The Morgan fingerprint density at radius 3 is 2.88 bits per heavy atom. The van der Waals surface area contributed by atoms with E-state index in [1.807, 2.05) is 0 Å². The third-order valence-corrected chi connectivity index (χ3v) is 4.07. The molecule has 1 heterocycles. The summed E-state index contributed by atoms with van der Waals surface area (Å²) < 4.78 is 24.0. The van der Waals surface area contributed by atoms with Gasteiger partial charge in [0.15, 0.2) is 11.6 Å². The molecule has 1 aromatic rings. The molecule has 1 fully saturated rings. The van der Waals surface area contributed by atoms with Crippen LogP contribution in [0.4, 0.5) is 4.39 Å². The number of nitrogens with one attached hydrogen (secondary N) is 1. The van der Waals surface area contributed by atoms with Crippen molar-refractivity contribution in [2.24, 2.45) is 0 Å². The highest BCUT2D eigenvalue weighted by atomic mass is 19.1. The summed E-state index contributed by atoms with van der Waals surface area (Å²) in [5.74, 6) is -0.891. The molecule has 1 saturated heterocycles. The van der Waals surface area contributed by atoms with Gasteiger partial charge >= 0.3 is 0 Å². The van der Waals surface area contributed by atoms with Crippen molar-refractivity contribution in [1.82, 2.24) is 10.2 Å². The highest BCUT2D eigenvalue weighted by Crippen LogP contribution is 2.21. The van der Waals surface area contributed by atoms with Crippen LogP contribution in [-0.2, 0) is 9.53 Å². The molecule has 7 nitrogen and oxygen atoms in total. The second-order valence-electron chi connectivity index (χ2n) is 5.97. The fraction of sp³-hybridized carbons (Fsp3) is 0.588. The molecule has 1 aliphatic rings. The Bertz CT molecular complexity index is 540. The maximum Gasteiger partial charge on any atom is 0.210 e. The van der Waals surface area contributed by atoms with Gasteiger partial charge in [-0.15, -0.1) is 0 Å². The lowest BCUT2D eigenvalue weighted by atomic mass is 10.1. The van der Waals surface area contributed by atoms with Crippen molar-refractivity contribution >= 4 is 6.41 Å². The zero-order valence-electron chi connectivity index (χ0n) is 14.1. The third-order valence-electron chi connectivity index (χ3n) is 4.07. The number of hydrogen-bond acceptors (Lipinski definition) is 6. The number of benzene rings is 1. The largest absolute Gasteiger partial charge is 0.508 e. The molecule has 1 atom stereocenters. The molecule has 1 amide bonds. The number of ether oxygens (including phenoxy) is 2. The Labute approximate surface area is 146 Å². The first-order chi connectivity index (χ1) is 12.1. The first-order valence-corrected chi connectivity index (χ1v) is 8.39. The third kappa shape index (κ3) is 6.49. The van der Waals surface area contributed by atoms with Crippen LogP contribution in [0.5, 0.6) is 11.5 Å². The topological polar surface area (TPSA) is 91.3 Å². The Kier molecular flexibility index (Phi) is 7.90. The van der Waals surface area contributed by atoms with E-state index in [4.69, 9.17) is 14.6 Å². The molecule has 0 aromatic heterocycles. The Balaban J connectivity index is 1.62. The van der Waals surface area contributed by atoms with Crippen LogP contribution in [0, 0.1) is 5.82 Å². The molecule has 0 spiro atoms. The van der Waals surface area contributed by atoms with Crippen LogP contribution >= 0.6 is 0 Å². The molecule has 1 aromatic carbocycles. The maximum absolute atomic E-state index is 13.5. The van der Waals surface area contributed by atoms with Gasteiger partial charge in [-0.2, -0.15) is 0 Å². The van der Waals surface area contributed by atoms with E-state index in [0.29, 0.717) is 26.3 Å². The van der Waals surface area contributed by atoms with E-state index in [9.17, 15) is 14.3 Å². The Hall–Kier alpha value is -1.90. The maximum atomic E-state index is 13.5. The van der Waals surface area contributed by atoms with Crippen LogP contribution in [0.15, 0.2) is 18.2 Å². The van der Waals surface area contributed by atoms with E-state index in [2.05, 4.69) is 5.32 Å². The number of aromatic hydroxyl groups is 1. The molecular weight excluding hydrogens is 331 g/mol. The van der Waals surface area contributed by atoms with Crippen molar-refractivity contribution in [3.8, 4) is 11.5 Å². The van der Waals surface area contributed by atoms with Crippen LogP contribution in [-0.4, -0.2) is 73.1 Å². The van der Waals surface area contributed by atoms with Crippen molar-refractivity contribution < 1.29 is 28.9 Å². The second-order valence-corrected chi connectivity index (χ2v) is 5.97. The van der Waals surface area contributed by atoms with Crippen LogP contribution < -0.4 is 10.1 Å². The summed E-state index contributed by atoms with van der Waals surface area (Å²) in [7, 11) is 0. The lowest BCUT2D eigenvalue weighted by Gasteiger charge is -2.31. The van der Waals surface area contributed by atoms with E-state index in [1.165, 1.54) is 12.1 Å². The van der Waals surface area contributed by atoms with Gasteiger partial charge in [-0.05, 0) is 25.0 Å². The highest BCUT2D eigenvalue weighted by molar-refractivity contribution is 5.47. The molecule has 0 radical (unpaired) electrons. The minimum Gasteiger partial charge on any atom is -0.508 e. The summed E-state index contributed by atoms with van der Waals surface area (Å²) >= 11 is 0. The number of rotatable bonds is 10. The first kappa shape index (κ1) is 19.4. The van der Waals surface area contributed by atoms with Crippen molar-refractivity contribution in [3.63, 3.8) is 0 Å². The zero-order valence-corrected chi connectivity index (χ0v) is 14.1. The fourth-order valence-electron chi connectivity index (χ4n) is 2.67.